The molecule has 3 aliphatic rings. The number of aliphatic hydroxyl groups is 1. The van der Waals surface area contributed by atoms with Crippen molar-refractivity contribution in [3.05, 3.63) is 69.6 Å². The van der Waals surface area contributed by atoms with E-state index in [1.54, 1.807) is 30.9 Å². The van der Waals surface area contributed by atoms with E-state index in [2.05, 4.69) is 20.4 Å². The van der Waals surface area contributed by atoms with Crippen molar-refractivity contribution < 1.29 is 41.0 Å². The SMILES string of the molecule is Cc1cc(C(=O)N2C[C@H](NC(C)C)[C@@H](O)C2)cc(C)c1C=CS(=O)(=O)N1CCC2(CC1)N=C(c1cccc(OC(F)(F)F)c1)NC2=O. The summed E-state index contributed by atoms with van der Waals surface area (Å²) in [6, 6.07) is 8.48. The summed E-state index contributed by atoms with van der Waals surface area (Å²) in [5.41, 5.74) is 1.52. The predicted molar refractivity (Wildman–Crippen MR) is 169 cm³/mol. The van der Waals surface area contributed by atoms with Crippen molar-refractivity contribution in [2.45, 2.75) is 70.6 Å². The zero-order valence-electron chi connectivity index (χ0n) is 26.5. The van der Waals surface area contributed by atoms with Crippen LogP contribution in [0.5, 0.6) is 5.75 Å². The molecule has 2 aromatic carbocycles. The molecule has 2 amide bonds. The molecule has 2 fully saturated rings. The molecule has 2 saturated heterocycles. The molecule has 0 unspecified atom stereocenters. The summed E-state index contributed by atoms with van der Waals surface area (Å²) in [6.07, 6.45) is -3.88. The second kappa shape index (κ2) is 13.0. The molecule has 5 rings (SSSR count). The number of carbonyl (C=O) groups is 2. The maximum absolute atomic E-state index is 13.3. The van der Waals surface area contributed by atoms with E-state index in [-0.39, 0.29) is 61.9 Å². The van der Waals surface area contributed by atoms with Crippen LogP contribution in [-0.2, 0) is 14.8 Å². The highest BCUT2D eigenvalue weighted by atomic mass is 32.2. The number of aryl methyl sites for hydroxylation is 2. The minimum Gasteiger partial charge on any atom is -0.406 e. The van der Waals surface area contributed by atoms with Crippen molar-refractivity contribution in [3.63, 3.8) is 0 Å². The lowest BCUT2D eigenvalue weighted by Gasteiger charge is -2.34. The first-order valence-electron chi connectivity index (χ1n) is 15.3. The van der Waals surface area contributed by atoms with E-state index in [1.807, 2.05) is 13.8 Å². The van der Waals surface area contributed by atoms with Crippen LogP contribution in [0.25, 0.3) is 6.08 Å². The quantitative estimate of drug-likeness (QED) is 0.390. The smallest absolute Gasteiger partial charge is 0.406 e. The highest BCUT2D eigenvalue weighted by Crippen LogP contribution is 2.33. The van der Waals surface area contributed by atoms with E-state index in [9.17, 15) is 36.3 Å². The normalized spacial score (nSPS) is 21.9. The Morgan fingerprint density at radius 1 is 1.15 bits per heavy atom. The van der Waals surface area contributed by atoms with Crippen molar-refractivity contribution in [2.24, 2.45) is 4.99 Å². The number of hydrogen-bond acceptors (Lipinski definition) is 8. The van der Waals surface area contributed by atoms with Gasteiger partial charge in [0.2, 0.25) is 10.0 Å². The minimum absolute atomic E-state index is 0.00779. The molecule has 3 heterocycles. The highest BCUT2D eigenvalue weighted by Gasteiger charge is 2.47. The van der Waals surface area contributed by atoms with Gasteiger partial charge >= 0.3 is 6.36 Å². The number of halogens is 3. The summed E-state index contributed by atoms with van der Waals surface area (Å²) in [4.78, 5) is 32.3. The van der Waals surface area contributed by atoms with Gasteiger partial charge in [-0.05, 0) is 73.7 Å². The number of alkyl halides is 3. The standard InChI is InChI=1S/C32H38F3N5O6S/c1-19(2)36-26-17-39(18-27(26)41)29(42)23-14-20(3)25(21(4)15-23)8-13-47(44,45)40-11-9-31(10-12-40)30(43)37-28(38-31)22-6-5-7-24(16-22)46-32(33,34)35/h5-8,13-16,19,26-27,36,41H,9-12,17-18H2,1-4H3,(H,37,38,43)/t26-,27-/m0/s1. The Morgan fingerprint density at radius 3 is 2.43 bits per heavy atom. The van der Waals surface area contributed by atoms with Gasteiger partial charge in [0, 0.05) is 48.8 Å². The molecule has 2 atom stereocenters. The van der Waals surface area contributed by atoms with Crippen LogP contribution in [0.4, 0.5) is 13.2 Å². The number of carbonyl (C=O) groups excluding carboxylic acids is 2. The van der Waals surface area contributed by atoms with E-state index in [0.29, 0.717) is 28.8 Å². The number of sulfonamides is 1. The molecule has 3 N–H and O–H groups in total. The summed E-state index contributed by atoms with van der Waals surface area (Å²) < 4.78 is 69.8. The number of aliphatic hydroxyl groups excluding tert-OH is 1. The Labute approximate surface area is 271 Å². The van der Waals surface area contributed by atoms with Crippen LogP contribution in [0, 0.1) is 13.8 Å². The molecule has 47 heavy (non-hydrogen) atoms. The third kappa shape index (κ3) is 7.69. The first-order valence-corrected chi connectivity index (χ1v) is 16.8. The number of hydrogen-bond donors (Lipinski definition) is 3. The van der Waals surface area contributed by atoms with E-state index in [1.165, 1.54) is 22.5 Å². The molecule has 11 nitrogen and oxygen atoms in total. The average Bonchev–Trinajstić information content (AvgIpc) is 3.49. The van der Waals surface area contributed by atoms with Gasteiger partial charge in [-0.15, -0.1) is 13.2 Å². The van der Waals surface area contributed by atoms with Gasteiger partial charge in [0.05, 0.1) is 12.1 Å². The summed E-state index contributed by atoms with van der Waals surface area (Å²) >= 11 is 0. The average molecular weight is 678 g/mol. The van der Waals surface area contributed by atoms with Gasteiger partial charge in [-0.1, -0.05) is 26.0 Å². The number of rotatable bonds is 8. The summed E-state index contributed by atoms with van der Waals surface area (Å²) in [7, 11) is -3.89. The van der Waals surface area contributed by atoms with Crippen molar-refractivity contribution in [2.75, 3.05) is 26.2 Å². The van der Waals surface area contributed by atoms with Crippen LogP contribution in [0.3, 0.4) is 0 Å². The van der Waals surface area contributed by atoms with Gasteiger partial charge in [-0.2, -0.15) is 4.31 Å². The highest BCUT2D eigenvalue weighted by molar-refractivity contribution is 7.92. The number of aliphatic imine (C=N–C) groups is 1. The van der Waals surface area contributed by atoms with Gasteiger partial charge in [-0.3, -0.25) is 14.6 Å². The zero-order valence-corrected chi connectivity index (χ0v) is 27.3. The lowest BCUT2D eigenvalue weighted by molar-refractivity contribution is -0.274. The number of piperidine rings is 1. The molecular formula is C32H38F3N5O6S. The fraction of sp³-hybridized carbons (Fsp3) is 0.469. The number of benzene rings is 2. The third-order valence-corrected chi connectivity index (χ3v) is 10.2. The number of nitrogens with one attached hydrogen (secondary N) is 2. The fourth-order valence-electron chi connectivity index (χ4n) is 6.27. The van der Waals surface area contributed by atoms with Gasteiger partial charge in [-0.25, -0.2) is 8.42 Å². The van der Waals surface area contributed by atoms with Crippen LogP contribution < -0.4 is 15.4 Å². The molecule has 3 aliphatic heterocycles. The Hall–Kier alpha value is -3.79. The summed E-state index contributed by atoms with van der Waals surface area (Å²) in [6.45, 7) is 8.15. The molecule has 15 heteroatoms. The zero-order chi connectivity index (χ0) is 34.3. The second-order valence-corrected chi connectivity index (χ2v) is 14.3. The first-order chi connectivity index (χ1) is 22.0. The van der Waals surface area contributed by atoms with Gasteiger partial charge < -0.3 is 25.4 Å². The molecule has 0 bridgehead atoms. The van der Waals surface area contributed by atoms with E-state index < -0.39 is 39.7 Å². The van der Waals surface area contributed by atoms with Crippen LogP contribution >= 0.6 is 0 Å². The van der Waals surface area contributed by atoms with Gasteiger partial charge in [0.25, 0.3) is 11.8 Å². The molecule has 254 valence electrons. The third-order valence-electron chi connectivity index (χ3n) is 8.60. The van der Waals surface area contributed by atoms with Crippen molar-refractivity contribution in [1.82, 2.24) is 19.8 Å². The molecule has 1 spiro atoms. The number of amidine groups is 1. The number of nitrogens with zero attached hydrogens (tertiary/aromatic N) is 3. The molecular weight excluding hydrogens is 639 g/mol. The first kappa shape index (κ1) is 34.5. The summed E-state index contributed by atoms with van der Waals surface area (Å²) in [5.74, 6) is -1.01. The maximum atomic E-state index is 13.3. The Balaban J connectivity index is 1.24. The van der Waals surface area contributed by atoms with Crippen LogP contribution in [0.1, 0.15) is 59.3 Å². The summed E-state index contributed by atoms with van der Waals surface area (Å²) in [5, 5.41) is 17.4. The maximum Gasteiger partial charge on any atom is 0.573 e. The Morgan fingerprint density at radius 2 is 1.81 bits per heavy atom. The Bertz CT molecular complexity index is 1690. The minimum atomic E-state index is -4.87. The molecule has 0 aliphatic carbocycles. The number of likely N-dealkylation sites (tertiary alicyclic amines) is 1. The lowest BCUT2D eigenvalue weighted by Crippen LogP contribution is -2.50. The Kier molecular flexibility index (Phi) is 9.57. The van der Waals surface area contributed by atoms with Crippen molar-refractivity contribution in [3.8, 4) is 5.75 Å². The fourth-order valence-corrected chi connectivity index (χ4v) is 7.44. The number of amides is 2. The number of ether oxygens (including phenoxy) is 1. The topological polar surface area (TPSA) is 141 Å². The van der Waals surface area contributed by atoms with Crippen molar-refractivity contribution in [1.29, 1.82) is 0 Å². The molecule has 0 aromatic heterocycles. The van der Waals surface area contributed by atoms with E-state index in [4.69, 9.17) is 0 Å². The van der Waals surface area contributed by atoms with Crippen LogP contribution in [0.2, 0.25) is 0 Å². The predicted octanol–water partition coefficient (Wildman–Crippen LogP) is 3.10. The van der Waals surface area contributed by atoms with E-state index >= 15 is 0 Å². The lowest BCUT2D eigenvalue weighted by atomic mass is 9.89. The van der Waals surface area contributed by atoms with E-state index in [0.717, 1.165) is 17.5 Å². The van der Waals surface area contributed by atoms with Crippen LogP contribution in [0.15, 0.2) is 46.8 Å². The van der Waals surface area contributed by atoms with Gasteiger partial charge in [0.15, 0.2) is 0 Å². The van der Waals surface area contributed by atoms with Gasteiger partial charge in [0.1, 0.15) is 17.1 Å². The largest absolute Gasteiger partial charge is 0.573 e. The molecule has 0 saturated carbocycles. The van der Waals surface area contributed by atoms with Crippen molar-refractivity contribution >= 4 is 33.7 Å². The molecule has 0 radical (unpaired) electrons. The second-order valence-electron chi connectivity index (χ2n) is 12.5. The monoisotopic (exact) mass is 677 g/mol. The molecule has 2 aromatic rings. The number of β-amino-alcohol motifs (C(OH)–C–C–N with tert-alkyl or cyclic N) is 1. The van der Waals surface area contributed by atoms with Crippen LogP contribution in [-0.4, -0.2) is 96.6 Å².